The number of amides is 2. The molecule has 4 atom stereocenters. The molecule has 1 aromatic rings. The van der Waals surface area contributed by atoms with Crippen LogP contribution < -0.4 is 10.1 Å². The molecule has 1 saturated heterocycles. The maximum Gasteiger partial charge on any atom is 0.410 e. The summed E-state index contributed by atoms with van der Waals surface area (Å²) in [6.45, 7) is 6.89. The first kappa shape index (κ1) is 27.5. The quantitative estimate of drug-likeness (QED) is 0.540. The van der Waals surface area contributed by atoms with Gasteiger partial charge in [-0.15, -0.1) is 0 Å². The van der Waals surface area contributed by atoms with Crippen molar-refractivity contribution >= 4 is 17.8 Å². The summed E-state index contributed by atoms with van der Waals surface area (Å²) in [6.07, 6.45) is -0.968. The summed E-state index contributed by atoms with van der Waals surface area (Å²) in [5.74, 6) is -2.20. The molecule has 1 N–H and O–H groups in total. The van der Waals surface area contributed by atoms with Crippen LogP contribution in [0.25, 0.3) is 0 Å². The molecule has 1 unspecified atom stereocenters. The Morgan fingerprint density at radius 2 is 1.88 bits per heavy atom. The number of hydrogen-bond donors (Lipinski definition) is 1. The van der Waals surface area contributed by atoms with Crippen molar-refractivity contribution in [3.05, 3.63) is 29.6 Å². The number of carbonyl (C=O) groups is 3. The molecule has 0 spiro atoms. The summed E-state index contributed by atoms with van der Waals surface area (Å²) >= 11 is 0. The maximum atomic E-state index is 14.2. The second-order valence-electron chi connectivity index (χ2n) is 9.27. The highest BCUT2D eigenvalue weighted by Gasteiger charge is 2.45. The van der Waals surface area contributed by atoms with Gasteiger partial charge in [0.05, 0.1) is 49.9 Å². The number of rotatable bonds is 9. The second-order valence-corrected chi connectivity index (χ2v) is 9.27. The van der Waals surface area contributed by atoms with Crippen molar-refractivity contribution in [3.8, 4) is 5.75 Å². The van der Waals surface area contributed by atoms with E-state index in [1.165, 1.54) is 31.3 Å². The molecule has 0 aromatic heterocycles. The molecular weight excluding hydrogens is 447 g/mol. The summed E-state index contributed by atoms with van der Waals surface area (Å²) < 4.78 is 35.7. The number of likely N-dealkylation sites (tertiary alicyclic amines) is 1. The molecule has 0 aliphatic carbocycles. The van der Waals surface area contributed by atoms with E-state index in [2.05, 4.69) is 5.32 Å². The average molecular weight is 483 g/mol. The normalized spacial score (nSPS) is 19.9. The van der Waals surface area contributed by atoms with Crippen molar-refractivity contribution in [2.75, 3.05) is 34.4 Å². The fourth-order valence-corrected chi connectivity index (χ4v) is 3.95. The molecule has 0 radical (unpaired) electrons. The summed E-state index contributed by atoms with van der Waals surface area (Å²) in [5, 5.41) is 2.55. The molecule has 2 rings (SSSR count). The van der Waals surface area contributed by atoms with Gasteiger partial charge < -0.3 is 24.3 Å². The monoisotopic (exact) mass is 482 g/mol. The van der Waals surface area contributed by atoms with Crippen LogP contribution in [-0.4, -0.2) is 81.0 Å². The molecule has 1 aromatic carbocycles. The Balaban J connectivity index is 2.08. The van der Waals surface area contributed by atoms with E-state index in [4.69, 9.17) is 18.9 Å². The Labute approximate surface area is 199 Å². The Hall–Kier alpha value is -2.72. The molecule has 34 heavy (non-hydrogen) atoms. The van der Waals surface area contributed by atoms with Gasteiger partial charge >= 0.3 is 6.09 Å². The molecule has 0 bridgehead atoms. The molecule has 190 valence electrons. The van der Waals surface area contributed by atoms with Crippen molar-refractivity contribution in [1.29, 1.82) is 0 Å². The van der Waals surface area contributed by atoms with E-state index in [1.54, 1.807) is 34.8 Å². The van der Waals surface area contributed by atoms with E-state index in [-0.39, 0.29) is 24.0 Å². The van der Waals surface area contributed by atoms with Crippen molar-refractivity contribution < 1.29 is 37.7 Å². The number of methoxy groups -OCH3 is 3. The van der Waals surface area contributed by atoms with Gasteiger partial charge in [-0.3, -0.25) is 14.5 Å². The topological polar surface area (TPSA) is 103 Å². The van der Waals surface area contributed by atoms with Crippen LogP contribution in [0.1, 0.15) is 44.5 Å². The third-order valence-electron chi connectivity index (χ3n) is 5.72. The number of ketones is 1. The van der Waals surface area contributed by atoms with Crippen LogP contribution in [-0.2, 0) is 19.0 Å². The van der Waals surface area contributed by atoms with E-state index in [1.807, 2.05) is 0 Å². The fraction of sp³-hybridized carbons (Fsp3) is 0.625. The van der Waals surface area contributed by atoms with Crippen molar-refractivity contribution in [2.24, 2.45) is 5.92 Å². The molecule has 9 nitrogen and oxygen atoms in total. The van der Waals surface area contributed by atoms with Crippen molar-refractivity contribution in [1.82, 2.24) is 10.2 Å². The third-order valence-corrected chi connectivity index (χ3v) is 5.72. The minimum atomic E-state index is -0.731. The molecule has 1 aliphatic heterocycles. The van der Waals surface area contributed by atoms with E-state index < -0.39 is 47.3 Å². The number of nitrogens with one attached hydrogen (secondary N) is 1. The highest BCUT2D eigenvalue weighted by molar-refractivity contribution is 5.99. The van der Waals surface area contributed by atoms with Gasteiger partial charge in [0.1, 0.15) is 17.2 Å². The van der Waals surface area contributed by atoms with Gasteiger partial charge in [0.15, 0.2) is 5.78 Å². The molecule has 1 aliphatic rings. The summed E-state index contributed by atoms with van der Waals surface area (Å²) in [5.41, 5.74) is -0.831. The Morgan fingerprint density at radius 3 is 2.41 bits per heavy atom. The van der Waals surface area contributed by atoms with Gasteiger partial charge in [0.25, 0.3) is 0 Å². The molecule has 10 heteroatoms. The zero-order valence-electron chi connectivity index (χ0n) is 20.8. The lowest BCUT2D eigenvalue weighted by Gasteiger charge is -2.34. The number of benzene rings is 1. The van der Waals surface area contributed by atoms with Gasteiger partial charge in [0.2, 0.25) is 5.91 Å². The van der Waals surface area contributed by atoms with Gasteiger partial charge in [-0.1, -0.05) is 6.92 Å². The van der Waals surface area contributed by atoms with E-state index in [9.17, 15) is 18.8 Å². The first-order valence-corrected chi connectivity index (χ1v) is 11.1. The third kappa shape index (κ3) is 6.89. The minimum Gasteiger partial charge on any atom is -0.497 e. The van der Waals surface area contributed by atoms with Crippen LogP contribution in [0.15, 0.2) is 18.2 Å². The second kappa shape index (κ2) is 11.6. The summed E-state index contributed by atoms with van der Waals surface area (Å²) in [4.78, 5) is 39.6. The predicted octanol–water partition coefficient (Wildman–Crippen LogP) is 2.81. The lowest BCUT2D eigenvalue weighted by atomic mass is 9.94. The Kier molecular flexibility index (Phi) is 9.40. The zero-order chi connectivity index (χ0) is 25.6. The lowest BCUT2D eigenvalue weighted by Crippen LogP contribution is -2.51. The smallest absolute Gasteiger partial charge is 0.410 e. The fourth-order valence-electron chi connectivity index (χ4n) is 3.95. The number of halogens is 1. The highest BCUT2D eigenvalue weighted by atomic mass is 19.1. The largest absolute Gasteiger partial charge is 0.497 e. The average Bonchev–Trinajstić information content (AvgIpc) is 3.20. The summed E-state index contributed by atoms with van der Waals surface area (Å²) in [7, 11) is 4.41. The molecular formula is C24H35FN2O7. The standard InChI is InChI=1S/C24H35FN2O7/c1-14(22(29)26-12-20(28)17-9-8-15(31-5)10-18(17)25)21(33-7)19-11-16(32-6)13-27(19)23(30)34-24(2,3)4/h8-10,14,16,19,21H,11-13H2,1-7H3,(H,26,29)/t14-,16-,19?,21-/m1/s1. The number of carbonyl (C=O) groups excluding carboxylic acids is 3. The molecule has 1 fully saturated rings. The summed E-state index contributed by atoms with van der Waals surface area (Å²) in [6, 6.07) is 3.42. The maximum absolute atomic E-state index is 14.2. The van der Waals surface area contributed by atoms with E-state index >= 15 is 0 Å². The van der Waals surface area contributed by atoms with Crippen molar-refractivity contribution in [2.45, 2.75) is 58.0 Å². The van der Waals surface area contributed by atoms with Crippen molar-refractivity contribution in [3.63, 3.8) is 0 Å². The van der Waals surface area contributed by atoms with Gasteiger partial charge in [-0.2, -0.15) is 0 Å². The molecule has 1 heterocycles. The van der Waals surface area contributed by atoms with E-state index in [0.29, 0.717) is 13.0 Å². The zero-order valence-corrected chi connectivity index (χ0v) is 20.8. The highest BCUT2D eigenvalue weighted by Crippen LogP contribution is 2.29. The number of hydrogen-bond acceptors (Lipinski definition) is 7. The van der Waals surface area contributed by atoms with Crippen LogP contribution in [0.2, 0.25) is 0 Å². The first-order chi connectivity index (χ1) is 15.9. The van der Waals surface area contributed by atoms with Gasteiger partial charge in [-0.05, 0) is 39.3 Å². The molecule has 2 amide bonds. The SMILES string of the molecule is COc1ccc(C(=O)CNC(=O)[C@H](C)[C@@H](OC)C2C[C@@H](OC)CN2C(=O)OC(C)(C)C)c(F)c1. The van der Waals surface area contributed by atoms with Gasteiger partial charge in [0, 0.05) is 20.3 Å². The van der Waals surface area contributed by atoms with Gasteiger partial charge in [-0.25, -0.2) is 9.18 Å². The molecule has 0 saturated carbocycles. The van der Waals surface area contributed by atoms with E-state index in [0.717, 1.165) is 6.07 Å². The van der Waals surface area contributed by atoms with Crippen LogP contribution in [0.4, 0.5) is 9.18 Å². The van der Waals surface area contributed by atoms with Crippen LogP contribution in [0.5, 0.6) is 5.75 Å². The number of Topliss-reactive ketones (excluding diaryl/α,β-unsaturated/α-hetero) is 1. The predicted molar refractivity (Wildman–Crippen MR) is 122 cm³/mol. The number of nitrogens with zero attached hydrogens (tertiary/aromatic N) is 1. The van der Waals surface area contributed by atoms with Crippen LogP contribution in [0, 0.1) is 11.7 Å². The van der Waals surface area contributed by atoms with Crippen LogP contribution in [0.3, 0.4) is 0 Å². The minimum absolute atomic E-state index is 0.146. The first-order valence-electron chi connectivity index (χ1n) is 11.1. The Morgan fingerprint density at radius 1 is 1.21 bits per heavy atom. The lowest BCUT2D eigenvalue weighted by molar-refractivity contribution is -0.130. The Bertz CT molecular complexity index is 887. The van der Waals surface area contributed by atoms with Crippen LogP contribution >= 0.6 is 0 Å². The number of ether oxygens (including phenoxy) is 4.